The van der Waals surface area contributed by atoms with Crippen molar-refractivity contribution in [2.45, 2.75) is 110 Å². The van der Waals surface area contributed by atoms with E-state index in [-0.39, 0.29) is 6.10 Å². The maximum absolute atomic E-state index is 11.0. The normalized spacial score (nSPS) is 42.1. The van der Waals surface area contributed by atoms with Gasteiger partial charge in [0.15, 0.2) is 0 Å². The minimum atomic E-state index is -0.726. The molecule has 4 aliphatic rings. The van der Waals surface area contributed by atoms with E-state index >= 15 is 0 Å². The Morgan fingerprint density at radius 1 is 1.03 bits per heavy atom. The van der Waals surface area contributed by atoms with Crippen LogP contribution in [0.3, 0.4) is 0 Å². The van der Waals surface area contributed by atoms with E-state index in [4.69, 9.17) is 0 Å². The third kappa shape index (κ3) is 4.11. The number of hydrogen-bond acceptors (Lipinski definition) is 2. The van der Waals surface area contributed by atoms with Crippen LogP contribution in [0.25, 0.3) is 0 Å². The Kier molecular flexibility index (Phi) is 6.56. The predicted octanol–water partition coefficient (Wildman–Crippen LogP) is 7.64. The molecule has 2 heteroatoms. The highest BCUT2D eigenvalue weighted by atomic mass is 16.3. The van der Waals surface area contributed by atoms with Crippen LogP contribution >= 0.6 is 0 Å². The Balaban J connectivity index is 1.24. The van der Waals surface area contributed by atoms with Gasteiger partial charge in [-0.3, -0.25) is 0 Å². The lowest BCUT2D eigenvalue weighted by molar-refractivity contribution is -0.0576. The van der Waals surface area contributed by atoms with E-state index in [2.05, 4.69) is 39.0 Å². The van der Waals surface area contributed by atoms with Gasteiger partial charge in [-0.1, -0.05) is 69.2 Å². The third-order valence-electron chi connectivity index (χ3n) is 11.6. The second-order valence-electron chi connectivity index (χ2n) is 13.4. The van der Waals surface area contributed by atoms with E-state index in [1.165, 1.54) is 44.9 Å². The zero-order valence-corrected chi connectivity index (χ0v) is 22.1. The zero-order valence-electron chi connectivity index (χ0n) is 22.1. The van der Waals surface area contributed by atoms with Gasteiger partial charge >= 0.3 is 0 Å². The maximum atomic E-state index is 11.0. The summed E-state index contributed by atoms with van der Waals surface area (Å²) in [5, 5.41) is 21.3. The van der Waals surface area contributed by atoms with Crippen molar-refractivity contribution >= 4 is 0 Å². The Labute approximate surface area is 208 Å². The van der Waals surface area contributed by atoms with Crippen molar-refractivity contribution in [3.8, 4) is 0 Å². The number of aliphatic hydroxyl groups is 2. The summed E-state index contributed by atoms with van der Waals surface area (Å²) in [6, 6.07) is 10.2. The van der Waals surface area contributed by atoms with Crippen LogP contribution in [0.1, 0.15) is 104 Å². The lowest BCUT2D eigenvalue weighted by atomic mass is 9.47. The summed E-state index contributed by atoms with van der Waals surface area (Å²) in [4.78, 5) is 0. The summed E-state index contributed by atoms with van der Waals surface area (Å²) in [5.74, 6) is 4.10. The molecule has 0 amide bonds. The van der Waals surface area contributed by atoms with E-state index in [0.29, 0.717) is 10.8 Å². The molecule has 0 radical (unpaired) electrons. The fourth-order valence-corrected chi connectivity index (χ4v) is 9.53. The fourth-order valence-electron chi connectivity index (χ4n) is 9.53. The summed E-state index contributed by atoms with van der Waals surface area (Å²) in [5.41, 5.74) is 2.73. The summed E-state index contributed by atoms with van der Waals surface area (Å²) in [7, 11) is 0. The van der Waals surface area contributed by atoms with Gasteiger partial charge < -0.3 is 10.2 Å². The van der Waals surface area contributed by atoms with Gasteiger partial charge in [-0.25, -0.2) is 0 Å². The van der Waals surface area contributed by atoms with Gasteiger partial charge in [-0.2, -0.15) is 0 Å². The fraction of sp³-hybridized carbons (Fsp3) is 0.750. The molecule has 9 atom stereocenters. The van der Waals surface area contributed by atoms with Crippen LogP contribution in [-0.4, -0.2) is 16.3 Å². The number of fused-ring (bicyclic) bond motifs is 5. The van der Waals surface area contributed by atoms with Gasteiger partial charge in [0, 0.05) is 0 Å². The molecular weight excluding hydrogens is 416 g/mol. The quantitative estimate of drug-likeness (QED) is 0.425. The van der Waals surface area contributed by atoms with E-state index in [9.17, 15) is 10.2 Å². The third-order valence-corrected chi connectivity index (χ3v) is 11.6. The topological polar surface area (TPSA) is 40.5 Å². The summed E-state index contributed by atoms with van der Waals surface area (Å²) >= 11 is 0. The number of aliphatic hydroxyl groups excluding tert-OH is 1. The zero-order chi connectivity index (χ0) is 24.1. The summed E-state index contributed by atoms with van der Waals surface area (Å²) in [6.45, 7) is 9.67. The monoisotopic (exact) mass is 464 g/mol. The van der Waals surface area contributed by atoms with Crippen molar-refractivity contribution in [1.82, 2.24) is 0 Å². The standard InChI is InChI=1S/C32H48O2/c1-22(9-8-18-32(4,34)23-10-6-5-7-11-23)27-14-15-28-26-13-12-24-21-25(33)16-19-30(24,2)29(26)17-20-31(27,28)3/h5-7,10-12,22,25-29,33-34H,8-9,13-21H2,1-4H3/t22-,25+,26+,27+,28-,29-,30+,31-,32+/m1/s1. The van der Waals surface area contributed by atoms with E-state index < -0.39 is 5.60 Å². The van der Waals surface area contributed by atoms with Gasteiger partial charge in [-0.05, 0) is 117 Å². The van der Waals surface area contributed by atoms with Crippen LogP contribution in [-0.2, 0) is 5.60 Å². The second kappa shape index (κ2) is 9.07. The Morgan fingerprint density at radius 3 is 2.56 bits per heavy atom. The molecule has 5 rings (SSSR count). The molecule has 34 heavy (non-hydrogen) atoms. The van der Waals surface area contributed by atoms with Crippen molar-refractivity contribution < 1.29 is 10.2 Å². The SMILES string of the molecule is C[C@H](CCC[C@](C)(O)c1ccccc1)[C@@H]1CC[C@@H]2[C@@H]3CC=C4C[C@@H](O)CC[C@]4(C)[C@@H]3CC[C@@]21C. The predicted molar refractivity (Wildman–Crippen MR) is 140 cm³/mol. The number of benzene rings is 1. The molecule has 2 N–H and O–H groups in total. The van der Waals surface area contributed by atoms with Gasteiger partial charge in [0.05, 0.1) is 11.7 Å². The average molecular weight is 465 g/mol. The Hall–Kier alpha value is -1.12. The first-order chi connectivity index (χ1) is 16.1. The first-order valence-electron chi connectivity index (χ1n) is 14.3. The van der Waals surface area contributed by atoms with Gasteiger partial charge in [0.1, 0.15) is 0 Å². The van der Waals surface area contributed by atoms with Crippen LogP contribution in [0.2, 0.25) is 0 Å². The van der Waals surface area contributed by atoms with Crippen molar-refractivity contribution in [1.29, 1.82) is 0 Å². The second-order valence-corrected chi connectivity index (χ2v) is 13.4. The molecule has 1 aromatic rings. The Morgan fingerprint density at radius 2 is 1.79 bits per heavy atom. The molecule has 0 aromatic heterocycles. The van der Waals surface area contributed by atoms with Crippen LogP contribution in [0.4, 0.5) is 0 Å². The number of allylic oxidation sites excluding steroid dienone is 1. The highest BCUT2D eigenvalue weighted by molar-refractivity contribution is 5.25. The van der Waals surface area contributed by atoms with Crippen molar-refractivity contribution in [2.24, 2.45) is 40.4 Å². The lowest BCUT2D eigenvalue weighted by Gasteiger charge is -2.58. The van der Waals surface area contributed by atoms with Crippen molar-refractivity contribution in [2.75, 3.05) is 0 Å². The van der Waals surface area contributed by atoms with Crippen LogP contribution < -0.4 is 0 Å². The Bertz CT molecular complexity index is 888. The van der Waals surface area contributed by atoms with Crippen molar-refractivity contribution in [3.63, 3.8) is 0 Å². The molecule has 188 valence electrons. The smallest absolute Gasteiger partial charge is 0.0868 e. The molecule has 0 heterocycles. The molecule has 0 bridgehead atoms. The lowest BCUT2D eigenvalue weighted by Crippen LogP contribution is -2.50. The summed E-state index contributed by atoms with van der Waals surface area (Å²) in [6.07, 6.45) is 15.6. The molecular formula is C32H48O2. The highest BCUT2D eigenvalue weighted by Gasteiger charge is 2.59. The van der Waals surface area contributed by atoms with Crippen LogP contribution in [0.5, 0.6) is 0 Å². The molecule has 0 aliphatic heterocycles. The largest absolute Gasteiger partial charge is 0.393 e. The van der Waals surface area contributed by atoms with Crippen molar-refractivity contribution in [3.05, 3.63) is 47.5 Å². The molecule has 0 spiro atoms. The highest BCUT2D eigenvalue weighted by Crippen LogP contribution is 2.67. The van der Waals surface area contributed by atoms with E-state index in [1.807, 2.05) is 25.1 Å². The van der Waals surface area contributed by atoms with Gasteiger partial charge in [0.25, 0.3) is 0 Å². The van der Waals surface area contributed by atoms with E-state index in [1.54, 1.807) is 5.57 Å². The number of rotatable bonds is 6. The molecule has 1 aromatic carbocycles. The molecule has 0 unspecified atom stereocenters. The van der Waals surface area contributed by atoms with E-state index in [0.717, 1.165) is 60.8 Å². The molecule has 3 saturated carbocycles. The first kappa shape index (κ1) is 24.6. The minimum Gasteiger partial charge on any atom is -0.393 e. The maximum Gasteiger partial charge on any atom is 0.0868 e. The first-order valence-corrected chi connectivity index (χ1v) is 14.3. The van der Waals surface area contributed by atoms with Crippen LogP contribution in [0, 0.1) is 40.4 Å². The summed E-state index contributed by atoms with van der Waals surface area (Å²) < 4.78 is 0. The van der Waals surface area contributed by atoms with Crippen LogP contribution in [0.15, 0.2) is 42.0 Å². The number of hydrogen-bond donors (Lipinski definition) is 2. The molecule has 3 fully saturated rings. The molecule has 2 nitrogen and oxygen atoms in total. The molecule has 4 aliphatic carbocycles. The van der Waals surface area contributed by atoms with Gasteiger partial charge in [-0.15, -0.1) is 0 Å². The minimum absolute atomic E-state index is 0.107. The average Bonchev–Trinajstić information content (AvgIpc) is 3.17. The van der Waals surface area contributed by atoms with Gasteiger partial charge in [0.2, 0.25) is 0 Å². The molecule has 0 saturated heterocycles.